The minimum absolute atomic E-state index is 0.605. The Kier molecular flexibility index (Phi) is 4.25. The zero-order valence-corrected chi connectivity index (χ0v) is 13.0. The van der Waals surface area contributed by atoms with Gasteiger partial charge >= 0.3 is 0 Å². The molecule has 1 saturated heterocycles. The molecule has 1 aromatic rings. The molecule has 2 atom stereocenters. The van der Waals surface area contributed by atoms with Gasteiger partial charge in [-0.05, 0) is 55.7 Å². The van der Waals surface area contributed by atoms with E-state index in [1.54, 1.807) is 10.4 Å². The molecule has 0 saturated carbocycles. The number of aryl methyl sites for hydroxylation is 1. The summed E-state index contributed by atoms with van der Waals surface area (Å²) in [6.45, 7) is 7.04. The maximum absolute atomic E-state index is 3.73. The van der Waals surface area contributed by atoms with Crippen LogP contribution in [0.15, 0.2) is 11.4 Å². The number of hydrogen-bond donors (Lipinski definition) is 1. The fourth-order valence-electron chi connectivity index (χ4n) is 3.74. The molecule has 2 unspecified atom stereocenters. The summed E-state index contributed by atoms with van der Waals surface area (Å²) in [5.41, 5.74) is 1.64. The van der Waals surface area contributed by atoms with Crippen molar-refractivity contribution in [1.29, 1.82) is 0 Å². The number of hydrogen-bond acceptors (Lipinski definition) is 3. The first kappa shape index (κ1) is 13.6. The molecule has 1 fully saturated rings. The summed E-state index contributed by atoms with van der Waals surface area (Å²) in [5.74, 6) is 0. The van der Waals surface area contributed by atoms with E-state index in [0.717, 1.165) is 0 Å². The van der Waals surface area contributed by atoms with Gasteiger partial charge in [-0.25, -0.2) is 0 Å². The highest BCUT2D eigenvalue weighted by Gasteiger charge is 2.30. The number of nitrogens with zero attached hydrogens (tertiary/aromatic N) is 1. The molecule has 3 rings (SSSR count). The Morgan fingerprint density at radius 1 is 1.32 bits per heavy atom. The highest BCUT2D eigenvalue weighted by atomic mass is 32.1. The van der Waals surface area contributed by atoms with E-state index in [4.69, 9.17) is 0 Å². The fraction of sp³-hybridized carbons (Fsp3) is 0.750. The smallest absolute Gasteiger partial charge is 0.0359 e. The number of thiophene rings is 1. The zero-order chi connectivity index (χ0) is 13.2. The predicted octanol–water partition coefficient (Wildman–Crippen LogP) is 3.59. The Hall–Kier alpha value is -0.380. The van der Waals surface area contributed by atoms with Crippen LogP contribution >= 0.6 is 11.3 Å². The Bertz CT molecular complexity index is 413. The molecule has 0 bridgehead atoms. The van der Waals surface area contributed by atoms with Crippen LogP contribution in [0, 0.1) is 0 Å². The van der Waals surface area contributed by atoms with Crippen molar-refractivity contribution in [2.24, 2.45) is 0 Å². The van der Waals surface area contributed by atoms with E-state index in [9.17, 15) is 0 Å². The van der Waals surface area contributed by atoms with Crippen LogP contribution in [0.25, 0.3) is 0 Å². The monoisotopic (exact) mass is 278 g/mol. The molecule has 1 aliphatic carbocycles. The van der Waals surface area contributed by atoms with Gasteiger partial charge in [0, 0.05) is 29.5 Å². The van der Waals surface area contributed by atoms with Crippen molar-refractivity contribution in [3.8, 4) is 0 Å². The second-order valence-electron chi connectivity index (χ2n) is 6.36. The minimum atomic E-state index is 0.605. The Morgan fingerprint density at radius 3 is 3.05 bits per heavy atom. The number of piperidine rings is 1. The summed E-state index contributed by atoms with van der Waals surface area (Å²) >= 11 is 1.96. The molecule has 1 N–H and O–H groups in total. The van der Waals surface area contributed by atoms with E-state index < -0.39 is 0 Å². The predicted molar refractivity (Wildman–Crippen MR) is 82.9 cm³/mol. The molecule has 1 aromatic heterocycles. The lowest BCUT2D eigenvalue weighted by molar-refractivity contribution is 0.122. The number of likely N-dealkylation sites (tertiary alicyclic amines) is 1. The van der Waals surface area contributed by atoms with E-state index in [1.807, 2.05) is 11.3 Å². The lowest BCUT2D eigenvalue weighted by Gasteiger charge is -2.40. The number of nitrogens with one attached hydrogen (secondary N) is 1. The minimum Gasteiger partial charge on any atom is -0.311 e. The molecular weight excluding hydrogens is 252 g/mol. The van der Waals surface area contributed by atoms with Gasteiger partial charge in [-0.3, -0.25) is 4.90 Å². The van der Waals surface area contributed by atoms with Gasteiger partial charge in [-0.2, -0.15) is 0 Å². The molecular formula is C16H26N2S. The first-order valence-electron chi connectivity index (χ1n) is 7.80. The van der Waals surface area contributed by atoms with Crippen molar-refractivity contribution >= 4 is 11.3 Å². The molecule has 0 radical (unpaired) electrons. The lowest BCUT2D eigenvalue weighted by Crippen LogP contribution is -2.49. The Balaban J connectivity index is 1.69. The summed E-state index contributed by atoms with van der Waals surface area (Å²) < 4.78 is 0. The molecule has 1 aliphatic heterocycles. The third-order valence-electron chi connectivity index (χ3n) is 4.48. The van der Waals surface area contributed by atoms with Crippen LogP contribution < -0.4 is 5.32 Å². The third-order valence-corrected chi connectivity index (χ3v) is 5.48. The molecule has 2 aliphatic rings. The van der Waals surface area contributed by atoms with Crippen LogP contribution in [0.2, 0.25) is 0 Å². The first-order valence-corrected chi connectivity index (χ1v) is 8.68. The van der Waals surface area contributed by atoms with Gasteiger partial charge in [0.2, 0.25) is 0 Å². The van der Waals surface area contributed by atoms with Crippen molar-refractivity contribution in [1.82, 2.24) is 10.2 Å². The topological polar surface area (TPSA) is 15.3 Å². The molecule has 2 heterocycles. The Morgan fingerprint density at radius 2 is 2.21 bits per heavy atom. The average molecular weight is 278 g/mol. The lowest BCUT2D eigenvalue weighted by atomic mass is 9.90. The number of fused-ring (bicyclic) bond motifs is 1. The Labute approximate surface area is 121 Å². The van der Waals surface area contributed by atoms with Gasteiger partial charge in [0.1, 0.15) is 0 Å². The zero-order valence-electron chi connectivity index (χ0n) is 12.2. The van der Waals surface area contributed by atoms with Gasteiger partial charge in [0.05, 0.1) is 0 Å². The molecule has 3 heteroatoms. The SMILES string of the molecule is CC(C)NC1CCCN(C2CCCc3sccc32)C1. The van der Waals surface area contributed by atoms with Crippen LogP contribution in [0.5, 0.6) is 0 Å². The second kappa shape index (κ2) is 5.94. The largest absolute Gasteiger partial charge is 0.311 e. The van der Waals surface area contributed by atoms with E-state index in [2.05, 4.69) is 35.5 Å². The van der Waals surface area contributed by atoms with Crippen LogP contribution in [0.1, 0.15) is 56.0 Å². The van der Waals surface area contributed by atoms with Gasteiger partial charge in [0.25, 0.3) is 0 Å². The highest BCUT2D eigenvalue weighted by Crippen LogP contribution is 2.38. The quantitative estimate of drug-likeness (QED) is 0.909. The molecule has 0 amide bonds. The first-order chi connectivity index (χ1) is 9.24. The summed E-state index contributed by atoms with van der Waals surface area (Å²) in [6, 6.07) is 4.38. The van der Waals surface area contributed by atoms with Gasteiger partial charge in [-0.15, -0.1) is 11.3 Å². The fourth-order valence-corrected chi connectivity index (χ4v) is 4.72. The van der Waals surface area contributed by atoms with Crippen LogP contribution in [0.3, 0.4) is 0 Å². The average Bonchev–Trinajstić information content (AvgIpc) is 2.86. The summed E-state index contributed by atoms with van der Waals surface area (Å²) in [7, 11) is 0. The van der Waals surface area contributed by atoms with Crippen molar-refractivity contribution < 1.29 is 0 Å². The summed E-state index contributed by atoms with van der Waals surface area (Å²) in [4.78, 5) is 4.39. The summed E-state index contributed by atoms with van der Waals surface area (Å²) in [5, 5.41) is 6.02. The van der Waals surface area contributed by atoms with Crippen molar-refractivity contribution in [2.45, 2.75) is 64.1 Å². The van der Waals surface area contributed by atoms with Gasteiger partial charge in [0.15, 0.2) is 0 Å². The van der Waals surface area contributed by atoms with E-state index in [1.165, 1.54) is 45.2 Å². The van der Waals surface area contributed by atoms with Gasteiger partial charge < -0.3 is 5.32 Å². The molecule has 0 aromatic carbocycles. The van der Waals surface area contributed by atoms with Crippen LogP contribution in [0.4, 0.5) is 0 Å². The second-order valence-corrected chi connectivity index (χ2v) is 7.36. The highest BCUT2D eigenvalue weighted by molar-refractivity contribution is 7.10. The summed E-state index contributed by atoms with van der Waals surface area (Å²) in [6.07, 6.45) is 6.73. The van der Waals surface area contributed by atoms with Crippen molar-refractivity contribution in [3.05, 3.63) is 21.9 Å². The standard InChI is InChI=1S/C16H26N2S/c1-12(2)17-13-5-4-9-18(11-13)15-6-3-7-16-14(15)8-10-19-16/h8,10,12-13,15,17H,3-7,9,11H2,1-2H3. The van der Waals surface area contributed by atoms with Crippen LogP contribution in [-0.4, -0.2) is 30.1 Å². The maximum Gasteiger partial charge on any atom is 0.0359 e. The number of rotatable bonds is 3. The van der Waals surface area contributed by atoms with Crippen LogP contribution in [-0.2, 0) is 6.42 Å². The van der Waals surface area contributed by atoms with E-state index >= 15 is 0 Å². The normalized spacial score (nSPS) is 28.6. The molecule has 106 valence electrons. The third kappa shape index (κ3) is 3.04. The molecule has 19 heavy (non-hydrogen) atoms. The van der Waals surface area contributed by atoms with E-state index in [-0.39, 0.29) is 0 Å². The van der Waals surface area contributed by atoms with Crippen molar-refractivity contribution in [2.75, 3.05) is 13.1 Å². The van der Waals surface area contributed by atoms with Crippen molar-refractivity contribution in [3.63, 3.8) is 0 Å². The van der Waals surface area contributed by atoms with E-state index in [0.29, 0.717) is 18.1 Å². The molecule has 2 nitrogen and oxygen atoms in total. The van der Waals surface area contributed by atoms with Gasteiger partial charge in [-0.1, -0.05) is 13.8 Å². The maximum atomic E-state index is 3.73. The molecule has 0 spiro atoms.